The van der Waals surface area contributed by atoms with Crippen LogP contribution in [0.3, 0.4) is 0 Å². The monoisotopic (exact) mass is 410 g/mol. The summed E-state index contributed by atoms with van der Waals surface area (Å²) in [6, 6.07) is 13.7. The number of amides is 1. The highest BCUT2D eigenvalue weighted by Gasteiger charge is 2.15. The maximum absolute atomic E-state index is 12.1. The van der Waals surface area contributed by atoms with Crippen molar-refractivity contribution in [3.8, 4) is 5.75 Å². The van der Waals surface area contributed by atoms with Crippen molar-refractivity contribution in [2.24, 2.45) is 0 Å². The van der Waals surface area contributed by atoms with E-state index in [1.54, 1.807) is 43.3 Å². The van der Waals surface area contributed by atoms with Gasteiger partial charge in [-0.15, -0.1) is 0 Å². The summed E-state index contributed by atoms with van der Waals surface area (Å²) >= 11 is 5.86. The van der Waals surface area contributed by atoms with Crippen molar-refractivity contribution < 1.29 is 17.9 Å². The minimum absolute atomic E-state index is 0.138. The van der Waals surface area contributed by atoms with Gasteiger partial charge in [0.2, 0.25) is 10.0 Å². The van der Waals surface area contributed by atoms with Crippen molar-refractivity contribution in [3.63, 3.8) is 0 Å². The van der Waals surface area contributed by atoms with Crippen molar-refractivity contribution >= 4 is 33.2 Å². The second-order valence-electron chi connectivity index (χ2n) is 6.05. The normalized spacial score (nSPS) is 12.3. The van der Waals surface area contributed by atoms with Crippen LogP contribution < -0.4 is 14.4 Å². The van der Waals surface area contributed by atoms with Gasteiger partial charge in [-0.2, -0.15) is 0 Å². The third kappa shape index (κ3) is 6.15. The average Bonchev–Trinajstić information content (AvgIpc) is 2.61. The number of anilines is 1. The van der Waals surface area contributed by atoms with Crippen molar-refractivity contribution in [3.05, 3.63) is 59.1 Å². The Morgan fingerprint density at radius 1 is 1.15 bits per heavy atom. The van der Waals surface area contributed by atoms with E-state index in [0.29, 0.717) is 23.0 Å². The Morgan fingerprint density at radius 3 is 2.26 bits per heavy atom. The van der Waals surface area contributed by atoms with E-state index < -0.39 is 10.0 Å². The number of carbonyl (C=O) groups is 1. The second kappa shape index (κ2) is 9.10. The maximum atomic E-state index is 12.1. The van der Waals surface area contributed by atoms with Crippen molar-refractivity contribution in [1.29, 1.82) is 0 Å². The van der Waals surface area contributed by atoms with Crippen LogP contribution in [0.15, 0.2) is 48.5 Å². The fourth-order valence-electron chi connectivity index (χ4n) is 2.58. The lowest BCUT2D eigenvalue weighted by Gasteiger charge is -2.20. The summed E-state index contributed by atoms with van der Waals surface area (Å²) in [7, 11) is -3.33. The Hall–Kier alpha value is -2.25. The molecular weight excluding hydrogens is 388 g/mol. The van der Waals surface area contributed by atoms with Gasteiger partial charge in [0.05, 0.1) is 18.0 Å². The molecule has 0 heterocycles. The fraction of sp³-hybridized carbons (Fsp3) is 0.316. The van der Waals surface area contributed by atoms with Gasteiger partial charge in [-0.05, 0) is 55.8 Å². The molecule has 1 amide bonds. The fourth-order valence-corrected chi connectivity index (χ4v) is 3.68. The van der Waals surface area contributed by atoms with Gasteiger partial charge in [0.25, 0.3) is 5.91 Å². The molecule has 0 fully saturated rings. The third-order valence-corrected chi connectivity index (χ3v) is 5.45. The summed E-state index contributed by atoms with van der Waals surface area (Å²) in [6.45, 7) is 3.84. The van der Waals surface area contributed by atoms with Gasteiger partial charge in [-0.1, -0.05) is 23.7 Å². The topological polar surface area (TPSA) is 75.7 Å². The van der Waals surface area contributed by atoms with Crippen LogP contribution in [-0.4, -0.2) is 33.7 Å². The van der Waals surface area contributed by atoms with Crippen LogP contribution in [0.2, 0.25) is 5.02 Å². The lowest BCUT2D eigenvalue weighted by atomic mass is 10.1. The first-order chi connectivity index (χ1) is 12.7. The number of carbonyl (C=O) groups excluding carboxylic acids is 1. The van der Waals surface area contributed by atoms with Crippen LogP contribution in [0.4, 0.5) is 5.69 Å². The van der Waals surface area contributed by atoms with Gasteiger partial charge < -0.3 is 10.1 Å². The van der Waals surface area contributed by atoms with Crippen LogP contribution in [0, 0.1) is 0 Å². The quantitative estimate of drug-likeness (QED) is 0.723. The van der Waals surface area contributed by atoms with Gasteiger partial charge >= 0.3 is 0 Å². The Bertz CT molecular complexity index is 868. The zero-order valence-electron chi connectivity index (χ0n) is 15.5. The lowest BCUT2D eigenvalue weighted by molar-refractivity contribution is -0.123. The summed E-state index contributed by atoms with van der Waals surface area (Å²) in [6.07, 6.45) is 1.16. The van der Waals surface area contributed by atoms with Crippen LogP contribution in [0.5, 0.6) is 5.75 Å². The Labute approximate surface area is 165 Å². The highest BCUT2D eigenvalue weighted by atomic mass is 35.5. The lowest BCUT2D eigenvalue weighted by Crippen LogP contribution is -2.31. The van der Waals surface area contributed by atoms with E-state index in [2.05, 4.69) is 5.32 Å². The second-order valence-corrected chi connectivity index (χ2v) is 8.39. The molecule has 0 saturated heterocycles. The van der Waals surface area contributed by atoms with Crippen LogP contribution in [0.1, 0.15) is 25.5 Å². The van der Waals surface area contributed by atoms with Crippen molar-refractivity contribution in [2.75, 3.05) is 23.7 Å². The molecule has 1 atom stereocenters. The first-order valence-electron chi connectivity index (χ1n) is 8.46. The number of rotatable bonds is 8. The van der Waals surface area contributed by atoms with E-state index in [-0.39, 0.29) is 18.6 Å². The summed E-state index contributed by atoms with van der Waals surface area (Å²) in [5.41, 5.74) is 1.49. The predicted octanol–water partition coefficient (Wildman–Crippen LogP) is 3.38. The molecule has 0 aromatic heterocycles. The molecule has 2 rings (SSSR count). The molecule has 2 aromatic carbocycles. The Balaban J connectivity index is 1.90. The molecule has 0 bridgehead atoms. The number of nitrogens with zero attached hydrogens (tertiary/aromatic N) is 1. The molecule has 0 aliphatic heterocycles. The molecule has 1 N–H and O–H groups in total. The Morgan fingerprint density at radius 2 is 1.74 bits per heavy atom. The summed E-state index contributed by atoms with van der Waals surface area (Å²) in [5, 5.41) is 3.49. The van der Waals surface area contributed by atoms with Crippen LogP contribution in [-0.2, 0) is 14.8 Å². The van der Waals surface area contributed by atoms with Gasteiger partial charge in [-0.25, -0.2) is 8.42 Å². The Kier molecular flexibility index (Phi) is 7.10. The average molecular weight is 411 g/mol. The largest absolute Gasteiger partial charge is 0.484 e. The first-order valence-corrected chi connectivity index (χ1v) is 10.7. The van der Waals surface area contributed by atoms with Gasteiger partial charge in [-0.3, -0.25) is 9.10 Å². The molecule has 6 nitrogen and oxygen atoms in total. The van der Waals surface area contributed by atoms with E-state index in [1.165, 1.54) is 4.31 Å². The molecule has 146 valence electrons. The zero-order chi connectivity index (χ0) is 20.0. The molecule has 0 aliphatic rings. The van der Waals surface area contributed by atoms with E-state index in [4.69, 9.17) is 16.3 Å². The van der Waals surface area contributed by atoms with E-state index in [0.717, 1.165) is 11.8 Å². The minimum Gasteiger partial charge on any atom is -0.484 e. The smallest absolute Gasteiger partial charge is 0.258 e. The maximum Gasteiger partial charge on any atom is 0.258 e. The predicted molar refractivity (Wildman–Crippen MR) is 108 cm³/mol. The minimum atomic E-state index is -3.33. The van der Waals surface area contributed by atoms with E-state index >= 15 is 0 Å². The number of benzene rings is 2. The number of halogens is 1. The SMILES string of the molecule is CCN(c1ccc(OCC(=O)NC(C)c2ccc(Cl)cc2)cc1)S(C)(=O)=O. The summed E-state index contributed by atoms with van der Waals surface area (Å²) < 4.78 is 30.2. The molecule has 0 radical (unpaired) electrons. The molecule has 1 unspecified atom stereocenters. The number of sulfonamides is 1. The number of hydrogen-bond donors (Lipinski definition) is 1. The first kappa shape index (κ1) is 21.1. The standard InChI is InChI=1S/C19H23ClN2O4S/c1-4-22(27(3,24)25)17-9-11-18(12-10-17)26-13-19(23)21-14(2)15-5-7-16(20)8-6-15/h5-12,14H,4,13H2,1-3H3,(H,21,23). The highest BCUT2D eigenvalue weighted by molar-refractivity contribution is 7.92. The molecule has 8 heteroatoms. The molecule has 0 saturated carbocycles. The van der Waals surface area contributed by atoms with Gasteiger partial charge in [0.1, 0.15) is 5.75 Å². The molecular formula is C19H23ClN2O4S. The molecule has 0 spiro atoms. The van der Waals surface area contributed by atoms with E-state index in [1.807, 2.05) is 19.1 Å². The number of hydrogen-bond acceptors (Lipinski definition) is 4. The van der Waals surface area contributed by atoms with Gasteiger partial charge in [0.15, 0.2) is 6.61 Å². The summed E-state index contributed by atoms with van der Waals surface area (Å²) in [4.78, 5) is 12.1. The number of ether oxygens (including phenoxy) is 1. The van der Waals surface area contributed by atoms with Crippen molar-refractivity contribution in [1.82, 2.24) is 5.32 Å². The molecule has 0 aliphatic carbocycles. The molecule has 2 aromatic rings. The molecule has 27 heavy (non-hydrogen) atoms. The number of nitrogens with one attached hydrogen (secondary N) is 1. The summed E-state index contributed by atoms with van der Waals surface area (Å²) in [5.74, 6) is 0.227. The van der Waals surface area contributed by atoms with Crippen LogP contribution >= 0.6 is 11.6 Å². The third-order valence-electron chi connectivity index (χ3n) is 3.93. The highest BCUT2D eigenvalue weighted by Crippen LogP contribution is 2.21. The van der Waals surface area contributed by atoms with E-state index in [9.17, 15) is 13.2 Å². The van der Waals surface area contributed by atoms with Crippen molar-refractivity contribution in [2.45, 2.75) is 19.9 Å². The van der Waals surface area contributed by atoms with Gasteiger partial charge in [0, 0.05) is 11.6 Å². The zero-order valence-corrected chi connectivity index (χ0v) is 17.0. The van der Waals surface area contributed by atoms with Crippen LogP contribution in [0.25, 0.3) is 0 Å².